The average molecular weight is 622 g/mol. The summed E-state index contributed by atoms with van der Waals surface area (Å²) in [7, 11) is 3.32. The number of hydrogen-bond donors (Lipinski definition) is 0. The normalized spacial score (nSPS) is 14.0. The average Bonchev–Trinajstić information content (AvgIpc) is 3.38. The van der Waals surface area contributed by atoms with Crippen molar-refractivity contribution in [3.05, 3.63) is 93.6 Å². The van der Waals surface area contributed by atoms with E-state index in [1.807, 2.05) is 36.4 Å². The molecule has 1 aliphatic carbocycles. The van der Waals surface area contributed by atoms with Crippen molar-refractivity contribution >= 4 is 39.8 Å². The van der Waals surface area contributed by atoms with Crippen LogP contribution in [0.4, 0.5) is 5.69 Å². The van der Waals surface area contributed by atoms with E-state index in [1.54, 1.807) is 32.5 Å². The third-order valence-corrected chi connectivity index (χ3v) is 8.49. The number of ether oxygens (including phenoxy) is 2. The molecule has 0 radical (unpaired) electrons. The zero-order chi connectivity index (χ0) is 27.2. The van der Waals surface area contributed by atoms with Crippen LogP contribution in [0.5, 0.6) is 11.5 Å². The fourth-order valence-corrected chi connectivity index (χ4v) is 6.36. The molecule has 0 saturated heterocycles. The van der Waals surface area contributed by atoms with Crippen LogP contribution in [0.15, 0.2) is 77.1 Å². The quantitative estimate of drug-likeness (QED) is 0.176. The van der Waals surface area contributed by atoms with Gasteiger partial charge in [-0.25, -0.2) is 4.99 Å². The minimum absolute atomic E-state index is 0. The first-order chi connectivity index (χ1) is 19.1. The number of ketones is 1. The van der Waals surface area contributed by atoms with Gasteiger partial charge in [0.1, 0.15) is 0 Å². The van der Waals surface area contributed by atoms with Gasteiger partial charge in [-0.05, 0) is 73.1 Å². The van der Waals surface area contributed by atoms with E-state index in [9.17, 15) is 4.79 Å². The molecule has 5 rings (SSSR count). The molecule has 0 atom stereocenters. The van der Waals surface area contributed by atoms with Crippen LogP contribution in [-0.2, 0) is 13.0 Å². The maximum absolute atomic E-state index is 11.9. The topological polar surface area (TPSA) is 52.8 Å². The van der Waals surface area contributed by atoms with Crippen molar-refractivity contribution in [3.63, 3.8) is 0 Å². The number of Topliss-reactive ketones (excluding diaryl/α,β-unsaturated/α-hetero) is 1. The van der Waals surface area contributed by atoms with Gasteiger partial charge in [-0.1, -0.05) is 61.7 Å². The fraction of sp³-hybridized carbons (Fsp3) is 0.333. The molecule has 3 aromatic carbocycles. The second-order valence-corrected chi connectivity index (χ2v) is 11.0. The number of benzene rings is 3. The molecule has 1 heterocycles. The number of thiazole rings is 1. The fourth-order valence-electron chi connectivity index (χ4n) is 5.41. The van der Waals surface area contributed by atoms with Gasteiger partial charge in [0, 0.05) is 17.5 Å². The van der Waals surface area contributed by atoms with Gasteiger partial charge in [-0.2, -0.15) is 0 Å². The van der Waals surface area contributed by atoms with Gasteiger partial charge in [-0.15, -0.1) is 28.3 Å². The highest BCUT2D eigenvalue weighted by Crippen LogP contribution is 2.34. The van der Waals surface area contributed by atoms with Gasteiger partial charge in [0.05, 0.1) is 25.6 Å². The zero-order valence-electron chi connectivity index (χ0n) is 23.4. The lowest BCUT2D eigenvalue weighted by Gasteiger charge is -2.22. The molecule has 1 saturated carbocycles. The number of halogens is 1. The molecule has 7 heteroatoms. The highest BCUT2D eigenvalue weighted by Gasteiger charge is 2.16. The van der Waals surface area contributed by atoms with E-state index in [0.29, 0.717) is 11.5 Å². The zero-order valence-corrected chi connectivity index (χ0v) is 25.9. The van der Waals surface area contributed by atoms with Crippen LogP contribution in [0.25, 0.3) is 11.3 Å². The molecule has 0 unspecified atom stereocenters. The summed E-state index contributed by atoms with van der Waals surface area (Å²) in [5, 5.41) is 2.19. The molecule has 1 aliphatic rings. The lowest BCUT2D eigenvalue weighted by molar-refractivity contribution is 0.101. The summed E-state index contributed by atoms with van der Waals surface area (Å²) in [5.41, 5.74) is 6.41. The summed E-state index contributed by atoms with van der Waals surface area (Å²) in [6, 6.07) is 22.8. The first kappa shape index (κ1) is 29.8. The van der Waals surface area contributed by atoms with Gasteiger partial charge in [0.15, 0.2) is 22.1 Å². The van der Waals surface area contributed by atoms with Crippen LogP contribution in [0.2, 0.25) is 0 Å². The number of aryl methyl sites for hydroxylation is 1. The van der Waals surface area contributed by atoms with Crippen LogP contribution in [0, 0.1) is 0 Å². The molecule has 5 nitrogen and oxygen atoms in total. The van der Waals surface area contributed by atoms with E-state index in [-0.39, 0.29) is 22.8 Å². The molecule has 210 valence electrons. The molecule has 0 N–H and O–H groups in total. The molecular formula is C33H37BrN2O3S. The second kappa shape index (κ2) is 14.0. The van der Waals surface area contributed by atoms with Crippen LogP contribution in [0.3, 0.4) is 0 Å². The van der Waals surface area contributed by atoms with E-state index in [0.717, 1.165) is 46.2 Å². The predicted molar refractivity (Wildman–Crippen MR) is 169 cm³/mol. The monoisotopic (exact) mass is 620 g/mol. The highest BCUT2D eigenvalue weighted by atomic mass is 79.9. The van der Waals surface area contributed by atoms with E-state index in [1.165, 1.54) is 43.2 Å². The molecule has 40 heavy (non-hydrogen) atoms. The largest absolute Gasteiger partial charge is 0.493 e. The Labute approximate surface area is 251 Å². The van der Waals surface area contributed by atoms with Crippen molar-refractivity contribution in [3.8, 4) is 22.8 Å². The van der Waals surface area contributed by atoms with Gasteiger partial charge in [0.25, 0.3) is 0 Å². The summed E-state index contributed by atoms with van der Waals surface area (Å²) in [4.78, 5) is 17.8. The SMILES string of the molecule is Br.COc1ccc(CCn2c(-c3ccc(C4CCCCC4)cc3)csc2=Nc2cccc(C(C)=O)c2)cc1OC. The number of methoxy groups -OCH3 is 2. The Balaban J connectivity index is 0.00000370. The Morgan fingerprint density at radius 1 is 0.950 bits per heavy atom. The van der Waals surface area contributed by atoms with E-state index >= 15 is 0 Å². The molecule has 4 aromatic rings. The van der Waals surface area contributed by atoms with Crippen LogP contribution in [0.1, 0.15) is 66.4 Å². The van der Waals surface area contributed by atoms with Crippen molar-refractivity contribution in [2.45, 2.75) is 57.9 Å². The number of carbonyl (C=O) groups excluding carboxylic acids is 1. The molecule has 0 spiro atoms. The van der Waals surface area contributed by atoms with Gasteiger partial charge in [0.2, 0.25) is 0 Å². The first-order valence-corrected chi connectivity index (χ1v) is 14.6. The van der Waals surface area contributed by atoms with E-state index < -0.39 is 0 Å². The standard InChI is InChI=1S/C33H36N2O3S.BrH/c1-23(36)28-10-7-11-29(21-28)34-33-35(19-18-24-12-17-31(37-2)32(20-24)38-3)30(22-39-33)27-15-13-26(14-16-27)25-8-5-4-6-9-25;/h7,10-17,20-22,25H,4-6,8-9,18-19H2,1-3H3;1H. The Bertz CT molecular complexity index is 1500. The molecule has 1 aromatic heterocycles. The minimum Gasteiger partial charge on any atom is -0.493 e. The smallest absolute Gasteiger partial charge is 0.190 e. The van der Waals surface area contributed by atoms with Gasteiger partial charge >= 0.3 is 0 Å². The highest BCUT2D eigenvalue weighted by molar-refractivity contribution is 8.93. The summed E-state index contributed by atoms with van der Waals surface area (Å²) < 4.78 is 13.2. The second-order valence-electron chi connectivity index (χ2n) is 10.2. The Hall–Kier alpha value is -3.16. The van der Waals surface area contributed by atoms with Crippen molar-refractivity contribution in [2.24, 2.45) is 4.99 Å². The summed E-state index contributed by atoms with van der Waals surface area (Å²) in [6.45, 7) is 2.34. The number of aromatic nitrogens is 1. The van der Waals surface area contributed by atoms with E-state index in [4.69, 9.17) is 14.5 Å². The summed E-state index contributed by atoms with van der Waals surface area (Å²) in [6.07, 6.45) is 7.44. The number of carbonyl (C=O) groups is 1. The van der Waals surface area contributed by atoms with Crippen LogP contribution >= 0.6 is 28.3 Å². The van der Waals surface area contributed by atoms with Gasteiger partial charge in [-0.3, -0.25) is 4.79 Å². The lowest BCUT2D eigenvalue weighted by Crippen LogP contribution is -2.17. The molecular weight excluding hydrogens is 584 g/mol. The minimum atomic E-state index is 0. The molecule has 0 aliphatic heterocycles. The Morgan fingerprint density at radius 3 is 2.40 bits per heavy atom. The molecule has 0 bridgehead atoms. The number of rotatable bonds is 9. The maximum atomic E-state index is 11.9. The summed E-state index contributed by atoms with van der Waals surface area (Å²) in [5.74, 6) is 2.18. The third kappa shape index (κ3) is 6.94. The number of hydrogen-bond acceptors (Lipinski definition) is 5. The van der Waals surface area contributed by atoms with Crippen molar-refractivity contribution in [1.82, 2.24) is 4.57 Å². The van der Waals surface area contributed by atoms with Crippen LogP contribution in [-0.4, -0.2) is 24.6 Å². The maximum Gasteiger partial charge on any atom is 0.190 e. The molecule has 0 amide bonds. The van der Waals surface area contributed by atoms with Gasteiger partial charge < -0.3 is 14.0 Å². The molecule has 1 fully saturated rings. The van der Waals surface area contributed by atoms with Crippen molar-refractivity contribution in [1.29, 1.82) is 0 Å². The number of nitrogens with zero attached hydrogens (tertiary/aromatic N) is 2. The van der Waals surface area contributed by atoms with Crippen LogP contribution < -0.4 is 14.3 Å². The van der Waals surface area contributed by atoms with Crippen molar-refractivity contribution < 1.29 is 14.3 Å². The Kier molecular flexibility index (Phi) is 10.4. The summed E-state index contributed by atoms with van der Waals surface area (Å²) >= 11 is 1.63. The first-order valence-electron chi connectivity index (χ1n) is 13.7. The predicted octanol–water partition coefficient (Wildman–Crippen LogP) is 8.54. The van der Waals surface area contributed by atoms with E-state index in [2.05, 4.69) is 40.3 Å². The third-order valence-electron chi connectivity index (χ3n) is 7.63. The Morgan fingerprint density at radius 2 is 1.70 bits per heavy atom. The lowest BCUT2D eigenvalue weighted by atomic mass is 9.84. The van der Waals surface area contributed by atoms with Crippen molar-refractivity contribution in [2.75, 3.05) is 14.2 Å².